The van der Waals surface area contributed by atoms with Crippen molar-refractivity contribution in [1.29, 1.82) is 0 Å². The molecule has 1 fully saturated rings. The Morgan fingerprint density at radius 1 is 1.48 bits per heavy atom. The number of piperidine rings is 1. The van der Waals surface area contributed by atoms with Crippen molar-refractivity contribution >= 4 is 23.2 Å². The summed E-state index contributed by atoms with van der Waals surface area (Å²) in [6.45, 7) is 4.94. The minimum absolute atomic E-state index is 0.0222. The van der Waals surface area contributed by atoms with Crippen LogP contribution in [-0.2, 0) is 16.1 Å². The highest BCUT2D eigenvalue weighted by Crippen LogP contribution is 2.22. The molecule has 3 rings (SSSR count). The fourth-order valence-electron chi connectivity index (χ4n) is 2.72. The lowest BCUT2D eigenvalue weighted by Gasteiger charge is -2.31. The van der Waals surface area contributed by atoms with Crippen molar-refractivity contribution < 1.29 is 18.8 Å². The Morgan fingerprint density at radius 2 is 2.32 bits per heavy atom. The Bertz CT molecular complexity index is 726. The molecule has 0 spiro atoms. The summed E-state index contributed by atoms with van der Waals surface area (Å²) in [6, 6.07) is 3.65. The first-order valence-electron chi connectivity index (χ1n) is 8.36. The molecule has 1 unspecified atom stereocenters. The van der Waals surface area contributed by atoms with Crippen molar-refractivity contribution in [3.8, 4) is 0 Å². The van der Waals surface area contributed by atoms with Gasteiger partial charge < -0.3 is 14.2 Å². The standard InChI is InChI=1S/C17H21N3O4S/c1-11(2)15-18-14(24-19-15)10-23-17(22)12-5-3-7-20(9-12)16(21)13-6-4-8-25-13/h4,6,8,11-12H,3,5,7,9-10H2,1-2H3. The highest BCUT2D eigenvalue weighted by molar-refractivity contribution is 7.12. The van der Waals surface area contributed by atoms with Crippen LogP contribution in [0.1, 0.15) is 54.0 Å². The summed E-state index contributed by atoms with van der Waals surface area (Å²) in [5.74, 6) is 0.378. The summed E-state index contributed by atoms with van der Waals surface area (Å²) in [5.41, 5.74) is 0. The van der Waals surface area contributed by atoms with E-state index in [9.17, 15) is 9.59 Å². The Kier molecular flexibility index (Phi) is 5.47. The second-order valence-corrected chi connectivity index (χ2v) is 7.32. The second kappa shape index (κ2) is 7.77. The minimum atomic E-state index is -0.326. The van der Waals surface area contributed by atoms with E-state index in [1.165, 1.54) is 11.3 Å². The SMILES string of the molecule is CC(C)c1noc(COC(=O)C2CCCN(C(=O)c3cccs3)C2)n1. The van der Waals surface area contributed by atoms with Gasteiger partial charge in [-0.25, -0.2) is 0 Å². The molecule has 0 saturated carbocycles. The van der Waals surface area contributed by atoms with Gasteiger partial charge in [0, 0.05) is 19.0 Å². The van der Waals surface area contributed by atoms with Crippen LogP contribution in [0.2, 0.25) is 0 Å². The average Bonchev–Trinajstić information content (AvgIpc) is 3.30. The topological polar surface area (TPSA) is 85.5 Å². The van der Waals surface area contributed by atoms with Gasteiger partial charge in [-0.2, -0.15) is 4.98 Å². The molecule has 7 nitrogen and oxygen atoms in total. The van der Waals surface area contributed by atoms with Gasteiger partial charge in [0.1, 0.15) is 0 Å². The van der Waals surface area contributed by atoms with Crippen molar-refractivity contribution in [3.63, 3.8) is 0 Å². The molecule has 1 amide bonds. The van der Waals surface area contributed by atoms with Crippen LogP contribution < -0.4 is 0 Å². The molecule has 134 valence electrons. The zero-order chi connectivity index (χ0) is 17.8. The maximum atomic E-state index is 12.4. The number of hydrogen-bond acceptors (Lipinski definition) is 7. The van der Waals surface area contributed by atoms with Crippen LogP contribution in [0, 0.1) is 5.92 Å². The summed E-state index contributed by atoms with van der Waals surface area (Å²) in [5, 5.41) is 5.71. The average molecular weight is 363 g/mol. The van der Waals surface area contributed by atoms with Gasteiger partial charge in [0.2, 0.25) is 0 Å². The van der Waals surface area contributed by atoms with Crippen LogP contribution in [0.4, 0.5) is 0 Å². The Labute approximate surface area is 150 Å². The van der Waals surface area contributed by atoms with E-state index in [1.807, 2.05) is 25.3 Å². The molecule has 0 radical (unpaired) electrons. The van der Waals surface area contributed by atoms with E-state index >= 15 is 0 Å². The number of aromatic nitrogens is 2. The molecule has 1 atom stereocenters. The van der Waals surface area contributed by atoms with Crippen LogP contribution >= 0.6 is 11.3 Å². The van der Waals surface area contributed by atoms with Gasteiger partial charge in [-0.1, -0.05) is 25.1 Å². The van der Waals surface area contributed by atoms with Gasteiger partial charge in [-0.3, -0.25) is 9.59 Å². The number of hydrogen-bond donors (Lipinski definition) is 0. The second-order valence-electron chi connectivity index (χ2n) is 6.38. The van der Waals surface area contributed by atoms with E-state index in [2.05, 4.69) is 10.1 Å². The maximum absolute atomic E-state index is 12.4. The predicted molar refractivity (Wildman–Crippen MR) is 91.1 cm³/mol. The molecule has 25 heavy (non-hydrogen) atoms. The molecule has 2 aromatic rings. The van der Waals surface area contributed by atoms with Crippen molar-refractivity contribution in [2.24, 2.45) is 5.92 Å². The van der Waals surface area contributed by atoms with Crippen LogP contribution in [0.25, 0.3) is 0 Å². The molecule has 1 aliphatic heterocycles. The molecule has 2 aromatic heterocycles. The number of ether oxygens (including phenoxy) is 1. The first-order valence-corrected chi connectivity index (χ1v) is 9.24. The Balaban J connectivity index is 1.53. The highest BCUT2D eigenvalue weighted by atomic mass is 32.1. The third-order valence-electron chi connectivity index (χ3n) is 4.11. The number of carbonyl (C=O) groups excluding carboxylic acids is 2. The highest BCUT2D eigenvalue weighted by Gasteiger charge is 2.30. The van der Waals surface area contributed by atoms with E-state index in [0.717, 1.165) is 6.42 Å². The van der Waals surface area contributed by atoms with E-state index < -0.39 is 0 Å². The molecule has 0 bridgehead atoms. The zero-order valence-electron chi connectivity index (χ0n) is 14.3. The van der Waals surface area contributed by atoms with E-state index in [1.54, 1.807) is 11.0 Å². The van der Waals surface area contributed by atoms with Gasteiger partial charge in [0.05, 0.1) is 10.8 Å². The van der Waals surface area contributed by atoms with Gasteiger partial charge in [-0.05, 0) is 24.3 Å². The number of thiophene rings is 1. The van der Waals surface area contributed by atoms with E-state index in [4.69, 9.17) is 9.26 Å². The molecule has 0 aliphatic carbocycles. The summed E-state index contributed by atoms with van der Waals surface area (Å²) >= 11 is 1.41. The molecular weight excluding hydrogens is 342 g/mol. The van der Waals surface area contributed by atoms with Crippen molar-refractivity contribution in [1.82, 2.24) is 15.0 Å². The zero-order valence-corrected chi connectivity index (χ0v) is 15.1. The molecule has 8 heteroatoms. The Hall–Kier alpha value is -2.22. The summed E-state index contributed by atoms with van der Waals surface area (Å²) < 4.78 is 10.4. The van der Waals surface area contributed by atoms with Crippen LogP contribution in [0.3, 0.4) is 0 Å². The Morgan fingerprint density at radius 3 is 3.00 bits per heavy atom. The minimum Gasteiger partial charge on any atom is -0.455 e. The van der Waals surface area contributed by atoms with Crippen LogP contribution in [0.15, 0.2) is 22.0 Å². The first-order chi connectivity index (χ1) is 12.0. The van der Waals surface area contributed by atoms with Crippen LogP contribution in [-0.4, -0.2) is 40.0 Å². The molecule has 1 saturated heterocycles. The van der Waals surface area contributed by atoms with E-state index in [0.29, 0.717) is 36.1 Å². The number of nitrogens with zero attached hydrogens (tertiary/aromatic N) is 3. The molecule has 1 aliphatic rings. The molecule has 3 heterocycles. The lowest BCUT2D eigenvalue weighted by molar-refractivity contribution is -0.152. The number of carbonyl (C=O) groups is 2. The van der Waals surface area contributed by atoms with E-state index in [-0.39, 0.29) is 30.3 Å². The van der Waals surface area contributed by atoms with Crippen molar-refractivity contribution in [3.05, 3.63) is 34.1 Å². The fourth-order valence-corrected chi connectivity index (χ4v) is 3.41. The fraction of sp³-hybridized carbons (Fsp3) is 0.529. The molecule has 0 N–H and O–H groups in total. The lowest BCUT2D eigenvalue weighted by atomic mass is 9.98. The summed E-state index contributed by atoms with van der Waals surface area (Å²) in [4.78, 5) is 31.4. The molecular formula is C17H21N3O4S. The normalized spacial score (nSPS) is 17.7. The van der Waals surface area contributed by atoms with Crippen LogP contribution in [0.5, 0.6) is 0 Å². The summed E-state index contributed by atoms with van der Waals surface area (Å²) in [6.07, 6.45) is 1.50. The number of esters is 1. The number of likely N-dealkylation sites (tertiary alicyclic amines) is 1. The first kappa shape index (κ1) is 17.6. The van der Waals surface area contributed by atoms with Gasteiger partial charge in [-0.15, -0.1) is 11.3 Å². The largest absolute Gasteiger partial charge is 0.455 e. The smallest absolute Gasteiger partial charge is 0.311 e. The maximum Gasteiger partial charge on any atom is 0.311 e. The third kappa shape index (κ3) is 4.25. The number of amides is 1. The molecule has 0 aromatic carbocycles. The van der Waals surface area contributed by atoms with Gasteiger partial charge in [0.15, 0.2) is 12.4 Å². The predicted octanol–water partition coefficient (Wildman–Crippen LogP) is 2.85. The third-order valence-corrected chi connectivity index (χ3v) is 4.97. The summed E-state index contributed by atoms with van der Waals surface area (Å²) in [7, 11) is 0. The quantitative estimate of drug-likeness (QED) is 0.759. The lowest BCUT2D eigenvalue weighted by Crippen LogP contribution is -2.42. The van der Waals surface area contributed by atoms with Crippen molar-refractivity contribution in [2.45, 2.75) is 39.2 Å². The number of rotatable bonds is 5. The van der Waals surface area contributed by atoms with Crippen molar-refractivity contribution in [2.75, 3.05) is 13.1 Å². The monoisotopic (exact) mass is 363 g/mol. The van der Waals surface area contributed by atoms with Gasteiger partial charge >= 0.3 is 5.97 Å². The van der Waals surface area contributed by atoms with Gasteiger partial charge in [0.25, 0.3) is 11.8 Å².